The summed E-state index contributed by atoms with van der Waals surface area (Å²) in [6.45, 7) is 6.53. The van der Waals surface area contributed by atoms with Gasteiger partial charge < -0.3 is 0 Å². The predicted molar refractivity (Wildman–Crippen MR) is 97.1 cm³/mol. The summed E-state index contributed by atoms with van der Waals surface area (Å²) in [5.74, 6) is 0.00778. The van der Waals surface area contributed by atoms with E-state index in [1.807, 2.05) is 54.6 Å². The van der Waals surface area contributed by atoms with Crippen LogP contribution in [0.2, 0.25) is 0 Å². The highest BCUT2D eigenvalue weighted by molar-refractivity contribution is 7.92. The molecule has 0 aromatic heterocycles. The van der Waals surface area contributed by atoms with Gasteiger partial charge in [0, 0.05) is 7.05 Å². The summed E-state index contributed by atoms with van der Waals surface area (Å²) >= 11 is 0. The molecule has 4 heteroatoms. The van der Waals surface area contributed by atoms with Crippen LogP contribution < -0.4 is 4.31 Å². The van der Waals surface area contributed by atoms with Crippen molar-refractivity contribution in [3.8, 4) is 0 Å². The molecule has 0 heterocycles. The van der Waals surface area contributed by atoms with Crippen molar-refractivity contribution in [2.45, 2.75) is 32.9 Å². The summed E-state index contributed by atoms with van der Waals surface area (Å²) in [5, 5.41) is 0. The highest BCUT2D eigenvalue weighted by atomic mass is 32.2. The van der Waals surface area contributed by atoms with Crippen LogP contribution in [-0.4, -0.2) is 15.5 Å². The topological polar surface area (TPSA) is 37.4 Å². The molecular weight excluding hydrogens is 306 g/mol. The Morgan fingerprint density at radius 3 is 2.13 bits per heavy atom. The summed E-state index contributed by atoms with van der Waals surface area (Å²) in [7, 11) is -1.77. The van der Waals surface area contributed by atoms with Crippen LogP contribution in [0, 0.1) is 5.41 Å². The van der Waals surface area contributed by atoms with E-state index in [9.17, 15) is 8.42 Å². The van der Waals surface area contributed by atoms with Gasteiger partial charge in [-0.3, -0.25) is 4.31 Å². The first-order chi connectivity index (χ1) is 10.7. The molecule has 0 saturated carbocycles. The number of hydrogen-bond acceptors (Lipinski definition) is 2. The minimum atomic E-state index is -3.39. The lowest BCUT2D eigenvalue weighted by Crippen LogP contribution is -2.28. The van der Waals surface area contributed by atoms with Gasteiger partial charge in [0.15, 0.2) is 0 Å². The van der Waals surface area contributed by atoms with E-state index in [1.165, 1.54) is 4.31 Å². The monoisotopic (exact) mass is 331 g/mol. The van der Waals surface area contributed by atoms with E-state index in [2.05, 4.69) is 20.8 Å². The van der Waals surface area contributed by atoms with Crippen molar-refractivity contribution in [1.29, 1.82) is 0 Å². The zero-order valence-electron chi connectivity index (χ0n) is 14.3. The van der Waals surface area contributed by atoms with Gasteiger partial charge in [0.25, 0.3) is 0 Å². The fraction of sp³-hybridized carbons (Fsp3) is 0.368. The summed E-state index contributed by atoms with van der Waals surface area (Å²) in [5.41, 5.74) is 2.82. The van der Waals surface area contributed by atoms with E-state index in [-0.39, 0.29) is 11.2 Å². The van der Waals surface area contributed by atoms with E-state index in [1.54, 1.807) is 7.05 Å². The van der Waals surface area contributed by atoms with E-state index in [0.29, 0.717) is 5.69 Å². The molecule has 124 valence electrons. The third-order valence-electron chi connectivity index (χ3n) is 3.62. The van der Waals surface area contributed by atoms with Gasteiger partial charge in [-0.25, -0.2) is 8.42 Å². The molecule has 2 aromatic carbocycles. The van der Waals surface area contributed by atoms with Gasteiger partial charge in [-0.05, 0) is 35.1 Å². The number of nitrogens with zero attached hydrogens (tertiary/aromatic N) is 1. The van der Waals surface area contributed by atoms with Gasteiger partial charge in [-0.1, -0.05) is 63.2 Å². The Balaban J connectivity index is 2.22. The van der Waals surface area contributed by atoms with Gasteiger partial charge in [-0.2, -0.15) is 0 Å². The van der Waals surface area contributed by atoms with Crippen molar-refractivity contribution in [2.75, 3.05) is 11.4 Å². The number of hydrogen-bond donors (Lipinski definition) is 0. The molecule has 0 unspecified atom stereocenters. The molecular formula is C19H25NO2S. The molecule has 0 saturated heterocycles. The fourth-order valence-corrected chi connectivity index (χ4v) is 3.76. The van der Waals surface area contributed by atoms with Gasteiger partial charge >= 0.3 is 0 Å². The zero-order valence-corrected chi connectivity index (χ0v) is 15.1. The first-order valence-electron chi connectivity index (χ1n) is 7.77. The van der Waals surface area contributed by atoms with Crippen LogP contribution in [0.3, 0.4) is 0 Å². The molecule has 23 heavy (non-hydrogen) atoms. The number of rotatable bonds is 5. The normalized spacial score (nSPS) is 12.2. The molecule has 0 radical (unpaired) electrons. The average molecular weight is 331 g/mol. The minimum Gasteiger partial charge on any atom is -0.273 e. The van der Waals surface area contributed by atoms with Crippen molar-refractivity contribution >= 4 is 15.7 Å². The lowest BCUT2D eigenvalue weighted by Gasteiger charge is -2.22. The van der Waals surface area contributed by atoms with Crippen molar-refractivity contribution in [3.63, 3.8) is 0 Å². The Labute approximate surface area is 140 Å². The van der Waals surface area contributed by atoms with Crippen molar-refractivity contribution in [2.24, 2.45) is 5.41 Å². The first kappa shape index (κ1) is 17.5. The third kappa shape index (κ3) is 5.10. The van der Waals surface area contributed by atoms with Crippen LogP contribution in [0.1, 0.15) is 31.9 Å². The first-order valence-corrected chi connectivity index (χ1v) is 9.38. The Bertz CT molecular complexity index is 746. The van der Waals surface area contributed by atoms with E-state index in [4.69, 9.17) is 0 Å². The van der Waals surface area contributed by atoms with Crippen molar-refractivity contribution in [1.82, 2.24) is 0 Å². The second-order valence-corrected chi connectivity index (χ2v) is 9.12. The summed E-state index contributed by atoms with van der Waals surface area (Å²) < 4.78 is 26.6. The van der Waals surface area contributed by atoms with Crippen LogP contribution in [-0.2, 0) is 22.2 Å². The third-order valence-corrected chi connectivity index (χ3v) is 5.36. The fourth-order valence-electron chi connectivity index (χ4n) is 2.52. The van der Waals surface area contributed by atoms with E-state index < -0.39 is 10.0 Å². The number of benzene rings is 2. The maximum Gasteiger partial charge on any atom is 0.239 e. The van der Waals surface area contributed by atoms with Crippen LogP contribution in [0.15, 0.2) is 54.6 Å². The van der Waals surface area contributed by atoms with E-state index >= 15 is 0 Å². The van der Waals surface area contributed by atoms with Crippen molar-refractivity contribution < 1.29 is 8.42 Å². The largest absolute Gasteiger partial charge is 0.273 e. The van der Waals surface area contributed by atoms with Gasteiger partial charge in [0.1, 0.15) is 0 Å². The Kier molecular flexibility index (Phi) is 5.15. The SMILES string of the molecule is CN(c1cccc(CC(C)(C)C)c1)S(=O)(=O)Cc1ccccc1. The molecule has 0 aliphatic carbocycles. The Hall–Kier alpha value is -1.81. The van der Waals surface area contributed by atoms with Crippen molar-refractivity contribution in [3.05, 3.63) is 65.7 Å². The Morgan fingerprint density at radius 1 is 0.913 bits per heavy atom. The number of sulfonamides is 1. The second-order valence-electron chi connectivity index (χ2n) is 7.12. The summed E-state index contributed by atoms with van der Waals surface area (Å²) in [4.78, 5) is 0. The molecule has 3 nitrogen and oxygen atoms in total. The zero-order chi connectivity index (χ0) is 17.1. The molecule has 2 rings (SSSR count). The summed E-state index contributed by atoms with van der Waals surface area (Å²) in [6.07, 6.45) is 0.910. The molecule has 0 bridgehead atoms. The molecule has 0 fully saturated rings. The van der Waals surface area contributed by atoms with Gasteiger partial charge in [0.05, 0.1) is 11.4 Å². The lowest BCUT2D eigenvalue weighted by molar-refractivity contribution is 0.411. The highest BCUT2D eigenvalue weighted by Crippen LogP contribution is 2.25. The number of anilines is 1. The molecule has 0 aliphatic rings. The minimum absolute atomic E-state index is 0.00778. The molecule has 0 N–H and O–H groups in total. The lowest BCUT2D eigenvalue weighted by atomic mass is 9.88. The van der Waals surface area contributed by atoms with Crippen LogP contribution >= 0.6 is 0 Å². The van der Waals surface area contributed by atoms with Crippen LogP contribution in [0.5, 0.6) is 0 Å². The quantitative estimate of drug-likeness (QED) is 0.822. The van der Waals surface area contributed by atoms with Gasteiger partial charge in [0.2, 0.25) is 10.0 Å². The van der Waals surface area contributed by atoms with E-state index in [0.717, 1.165) is 17.5 Å². The molecule has 0 spiro atoms. The molecule has 2 aromatic rings. The molecule has 0 aliphatic heterocycles. The molecule has 0 atom stereocenters. The average Bonchev–Trinajstić information content (AvgIpc) is 2.45. The maximum absolute atomic E-state index is 12.6. The predicted octanol–water partition coefficient (Wildman–Crippen LogP) is 4.24. The summed E-state index contributed by atoms with van der Waals surface area (Å²) in [6, 6.07) is 17.0. The maximum atomic E-state index is 12.6. The Morgan fingerprint density at radius 2 is 1.52 bits per heavy atom. The highest BCUT2D eigenvalue weighted by Gasteiger charge is 2.20. The smallest absolute Gasteiger partial charge is 0.239 e. The second kappa shape index (κ2) is 6.75. The van der Waals surface area contributed by atoms with Crippen LogP contribution in [0.4, 0.5) is 5.69 Å². The van der Waals surface area contributed by atoms with Crippen LogP contribution in [0.25, 0.3) is 0 Å². The molecule has 0 amide bonds. The van der Waals surface area contributed by atoms with Gasteiger partial charge in [-0.15, -0.1) is 0 Å². The standard InChI is InChI=1S/C19H25NO2S/c1-19(2,3)14-17-11-8-12-18(13-17)20(4)23(21,22)15-16-9-6-5-7-10-16/h5-13H,14-15H2,1-4H3.